The molecule has 3 aromatic carbocycles. The van der Waals surface area contributed by atoms with Crippen molar-refractivity contribution in [2.24, 2.45) is 0 Å². The van der Waals surface area contributed by atoms with E-state index < -0.39 is 5.92 Å². The average Bonchev–Trinajstić information content (AvgIpc) is 3.63. The molecule has 0 saturated carbocycles. The van der Waals surface area contributed by atoms with Crippen molar-refractivity contribution < 1.29 is 13.2 Å². The van der Waals surface area contributed by atoms with E-state index in [0.29, 0.717) is 13.1 Å². The maximum Gasteiger partial charge on any atom is 0.261 e. The van der Waals surface area contributed by atoms with Crippen LogP contribution < -0.4 is 0 Å². The minimum atomic E-state index is -2.62. The van der Waals surface area contributed by atoms with Gasteiger partial charge in [0.15, 0.2) is 0 Å². The molecule has 1 saturated heterocycles. The second kappa shape index (κ2) is 9.34. The summed E-state index contributed by atoms with van der Waals surface area (Å²) < 4.78 is 41.5. The first kappa shape index (κ1) is 24.6. The zero-order valence-corrected chi connectivity index (χ0v) is 21.8. The van der Waals surface area contributed by atoms with E-state index in [4.69, 9.17) is 0 Å². The van der Waals surface area contributed by atoms with Gasteiger partial charge in [0, 0.05) is 53.8 Å². The van der Waals surface area contributed by atoms with Crippen LogP contribution in [-0.4, -0.2) is 44.1 Å². The summed E-state index contributed by atoms with van der Waals surface area (Å²) in [6.07, 6.45) is 3.43. The number of fused-ring (bicyclic) bond motifs is 2. The fourth-order valence-corrected chi connectivity index (χ4v) is 5.76. The molecule has 2 N–H and O–H groups in total. The number of aryl methyl sites for hydroxylation is 1. The van der Waals surface area contributed by atoms with Crippen molar-refractivity contribution >= 4 is 21.8 Å². The molecule has 3 aromatic heterocycles. The van der Waals surface area contributed by atoms with Gasteiger partial charge in [-0.2, -0.15) is 5.10 Å². The molecule has 1 aliphatic heterocycles. The van der Waals surface area contributed by atoms with Crippen LogP contribution in [0.5, 0.6) is 0 Å². The van der Waals surface area contributed by atoms with Gasteiger partial charge in [-0.3, -0.25) is 15.0 Å². The molecule has 0 unspecified atom stereocenters. The first-order valence-corrected chi connectivity index (χ1v) is 13.2. The van der Waals surface area contributed by atoms with Crippen LogP contribution in [0.15, 0.2) is 79.1 Å². The molecule has 8 heteroatoms. The molecule has 6 aromatic rings. The molecule has 1 aliphatic rings. The third-order valence-electron chi connectivity index (χ3n) is 7.62. The zero-order valence-electron chi connectivity index (χ0n) is 21.8. The number of nitrogens with one attached hydrogen (secondary N) is 2. The van der Waals surface area contributed by atoms with Gasteiger partial charge in [-0.1, -0.05) is 24.3 Å². The van der Waals surface area contributed by atoms with Crippen LogP contribution in [0.3, 0.4) is 0 Å². The molecule has 5 nitrogen and oxygen atoms in total. The molecule has 1 fully saturated rings. The van der Waals surface area contributed by atoms with Crippen molar-refractivity contribution in [1.82, 2.24) is 25.1 Å². The minimum Gasteiger partial charge on any atom is -0.353 e. The first-order chi connectivity index (χ1) is 19.3. The molecule has 4 heterocycles. The Kier molecular flexibility index (Phi) is 5.75. The van der Waals surface area contributed by atoms with Crippen molar-refractivity contribution in [3.05, 3.63) is 96.1 Å². The van der Waals surface area contributed by atoms with Crippen LogP contribution in [0.4, 0.5) is 13.2 Å². The summed E-state index contributed by atoms with van der Waals surface area (Å²) in [5.41, 5.74) is 8.87. The van der Waals surface area contributed by atoms with Crippen LogP contribution in [0.2, 0.25) is 0 Å². The number of alkyl halides is 2. The summed E-state index contributed by atoms with van der Waals surface area (Å²) in [6.45, 7) is 2.50. The Labute approximate surface area is 228 Å². The molecule has 0 bridgehead atoms. The van der Waals surface area contributed by atoms with Crippen LogP contribution in [0, 0.1) is 12.7 Å². The largest absolute Gasteiger partial charge is 0.353 e. The second-order valence-corrected chi connectivity index (χ2v) is 10.7. The predicted molar refractivity (Wildman–Crippen MR) is 152 cm³/mol. The minimum absolute atomic E-state index is 0.100. The smallest absolute Gasteiger partial charge is 0.261 e. The van der Waals surface area contributed by atoms with Crippen LogP contribution >= 0.6 is 0 Å². The van der Waals surface area contributed by atoms with Gasteiger partial charge >= 0.3 is 0 Å². The highest BCUT2D eigenvalue weighted by molar-refractivity contribution is 6.01. The summed E-state index contributed by atoms with van der Waals surface area (Å²) >= 11 is 0. The topological polar surface area (TPSA) is 60.6 Å². The molecule has 40 heavy (non-hydrogen) atoms. The number of halogens is 3. The lowest BCUT2D eigenvalue weighted by Gasteiger charge is -2.15. The summed E-state index contributed by atoms with van der Waals surface area (Å²) in [5, 5.41) is 9.67. The lowest BCUT2D eigenvalue weighted by molar-refractivity contribution is 0.0115. The van der Waals surface area contributed by atoms with Crippen molar-refractivity contribution in [2.75, 3.05) is 13.1 Å². The van der Waals surface area contributed by atoms with Gasteiger partial charge in [0.1, 0.15) is 11.5 Å². The SMILES string of the molecule is Cc1cc(F)cc(-c2cccc3[nH]c(-c4n[nH]c5ccc(-c6cncc(CN7CCC(F)(F)C7)c6)cc45)cc23)c1. The van der Waals surface area contributed by atoms with Crippen LogP contribution in [0.25, 0.3) is 55.4 Å². The van der Waals surface area contributed by atoms with Crippen molar-refractivity contribution in [1.29, 1.82) is 0 Å². The van der Waals surface area contributed by atoms with Crippen molar-refractivity contribution in [2.45, 2.75) is 25.8 Å². The molecule has 200 valence electrons. The molecular formula is C32H26F3N5. The van der Waals surface area contributed by atoms with Gasteiger partial charge in [0.25, 0.3) is 5.92 Å². The Morgan fingerprint density at radius 3 is 2.62 bits per heavy atom. The normalized spacial score (nSPS) is 15.4. The zero-order chi connectivity index (χ0) is 27.4. The molecular weight excluding hydrogens is 511 g/mol. The number of aromatic nitrogens is 4. The van der Waals surface area contributed by atoms with E-state index in [-0.39, 0.29) is 18.8 Å². The Hall–Kier alpha value is -4.43. The quantitative estimate of drug-likeness (QED) is 0.237. The van der Waals surface area contributed by atoms with Gasteiger partial charge in [-0.15, -0.1) is 0 Å². The Morgan fingerprint density at radius 2 is 1.80 bits per heavy atom. The third-order valence-corrected chi connectivity index (χ3v) is 7.62. The standard InChI is InChI=1S/C32H26F3N5/c1-19-9-22(12-24(33)10-19)25-3-2-4-28-26(25)14-30(37-28)31-27-13-21(5-6-29(27)38-39-31)23-11-20(15-36-16-23)17-40-8-7-32(34,35)18-40/h2-6,9-16,37H,7-8,17-18H2,1H3,(H,38,39). The number of aromatic amines is 2. The van der Waals surface area contributed by atoms with E-state index in [1.165, 1.54) is 6.07 Å². The average molecular weight is 538 g/mol. The first-order valence-electron chi connectivity index (χ1n) is 13.2. The van der Waals surface area contributed by atoms with Crippen molar-refractivity contribution in [3.8, 4) is 33.6 Å². The van der Waals surface area contributed by atoms with Crippen molar-refractivity contribution in [3.63, 3.8) is 0 Å². The van der Waals surface area contributed by atoms with Gasteiger partial charge in [0.05, 0.1) is 17.8 Å². The fraction of sp³-hybridized carbons (Fsp3) is 0.188. The van der Waals surface area contributed by atoms with Gasteiger partial charge in [-0.25, -0.2) is 13.2 Å². The number of hydrogen-bond donors (Lipinski definition) is 2. The van der Waals surface area contributed by atoms with E-state index in [9.17, 15) is 13.2 Å². The maximum atomic E-state index is 14.2. The van der Waals surface area contributed by atoms with E-state index >= 15 is 0 Å². The fourth-order valence-electron chi connectivity index (χ4n) is 5.76. The lowest BCUT2D eigenvalue weighted by Crippen LogP contribution is -2.24. The number of hydrogen-bond acceptors (Lipinski definition) is 3. The summed E-state index contributed by atoms with van der Waals surface area (Å²) in [6, 6.07) is 21.2. The van der Waals surface area contributed by atoms with E-state index in [0.717, 1.165) is 66.6 Å². The highest BCUT2D eigenvalue weighted by atomic mass is 19.3. The summed E-state index contributed by atoms with van der Waals surface area (Å²) in [4.78, 5) is 9.66. The second-order valence-electron chi connectivity index (χ2n) is 10.7. The number of nitrogens with zero attached hydrogens (tertiary/aromatic N) is 3. The predicted octanol–water partition coefficient (Wildman–Crippen LogP) is 7.73. The number of rotatable bonds is 5. The highest BCUT2D eigenvalue weighted by Crippen LogP contribution is 2.36. The monoisotopic (exact) mass is 537 g/mol. The molecule has 0 spiro atoms. The van der Waals surface area contributed by atoms with Gasteiger partial charge in [0.2, 0.25) is 0 Å². The Balaban J connectivity index is 1.25. The van der Waals surface area contributed by atoms with Gasteiger partial charge < -0.3 is 4.98 Å². The van der Waals surface area contributed by atoms with Crippen LogP contribution in [-0.2, 0) is 6.54 Å². The summed E-state index contributed by atoms with van der Waals surface area (Å²) in [5.74, 6) is -2.88. The Morgan fingerprint density at radius 1 is 0.900 bits per heavy atom. The van der Waals surface area contributed by atoms with E-state index in [1.807, 2.05) is 49.4 Å². The van der Waals surface area contributed by atoms with Gasteiger partial charge in [-0.05, 0) is 77.2 Å². The lowest BCUT2D eigenvalue weighted by atomic mass is 9.99. The number of pyridine rings is 1. The maximum absolute atomic E-state index is 14.2. The van der Waals surface area contributed by atoms with E-state index in [2.05, 4.69) is 32.3 Å². The van der Waals surface area contributed by atoms with E-state index in [1.54, 1.807) is 23.4 Å². The molecule has 0 amide bonds. The molecule has 0 aliphatic carbocycles. The number of H-pyrrole nitrogens is 2. The number of benzene rings is 3. The molecule has 0 atom stereocenters. The van der Waals surface area contributed by atoms with Crippen LogP contribution in [0.1, 0.15) is 17.5 Å². The third kappa shape index (κ3) is 4.54. The Bertz CT molecular complexity index is 1870. The molecule has 7 rings (SSSR count). The number of likely N-dealkylation sites (tertiary alicyclic amines) is 1. The highest BCUT2D eigenvalue weighted by Gasteiger charge is 2.37. The molecule has 0 radical (unpaired) electrons. The summed E-state index contributed by atoms with van der Waals surface area (Å²) in [7, 11) is 0.